The lowest BCUT2D eigenvalue weighted by Crippen LogP contribution is -2.45. The van der Waals surface area contributed by atoms with Crippen molar-refractivity contribution in [2.75, 3.05) is 41.7 Å². The molecule has 0 spiro atoms. The molecule has 1 atom stereocenters. The molecule has 7 heteroatoms. The van der Waals surface area contributed by atoms with Crippen molar-refractivity contribution >= 4 is 29.1 Å². The van der Waals surface area contributed by atoms with Crippen molar-refractivity contribution in [3.8, 4) is 0 Å². The van der Waals surface area contributed by atoms with E-state index in [2.05, 4.69) is 20.5 Å². The molecule has 2 saturated heterocycles. The molecule has 2 aliphatic rings. The number of benzene rings is 1. The zero-order valence-corrected chi connectivity index (χ0v) is 17.2. The third-order valence-corrected chi connectivity index (χ3v) is 5.80. The number of urea groups is 1. The van der Waals surface area contributed by atoms with Crippen LogP contribution in [0.4, 0.5) is 22.0 Å². The molecule has 7 nitrogen and oxygen atoms in total. The molecular weight excluding hydrogens is 378 g/mol. The van der Waals surface area contributed by atoms with E-state index >= 15 is 0 Å². The molecule has 2 aromatic rings. The molecule has 158 valence electrons. The second-order valence-electron chi connectivity index (χ2n) is 8.02. The minimum atomic E-state index is -0.220. The van der Waals surface area contributed by atoms with Gasteiger partial charge in [-0.3, -0.25) is 4.79 Å². The summed E-state index contributed by atoms with van der Waals surface area (Å²) in [5.74, 6) is 0.691. The van der Waals surface area contributed by atoms with E-state index in [9.17, 15) is 9.59 Å². The van der Waals surface area contributed by atoms with Crippen molar-refractivity contribution in [3.63, 3.8) is 0 Å². The number of anilines is 3. The van der Waals surface area contributed by atoms with Crippen LogP contribution in [0.15, 0.2) is 48.7 Å². The fourth-order valence-corrected chi connectivity index (χ4v) is 4.11. The van der Waals surface area contributed by atoms with E-state index < -0.39 is 0 Å². The highest BCUT2D eigenvalue weighted by Gasteiger charge is 2.28. The number of aromatic nitrogens is 1. The Hall–Kier alpha value is -3.09. The third kappa shape index (κ3) is 5.09. The van der Waals surface area contributed by atoms with Crippen molar-refractivity contribution in [2.45, 2.75) is 32.1 Å². The maximum atomic E-state index is 12.8. The van der Waals surface area contributed by atoms with Gasteiger partial charge in [-0.25, -0.2) is 9.78 Å². The van der Waals surface area contributed by atoms with Crippen LogP contribution >= 0.6 is 0 Å². The van der Waals surface area contributed by atoms with Crippen molar-refractivity contribution in [3.05, 3.63) is 48.7 Å². The number of likely N-dealkylation sites (tertiary alicyclic amines) is 1. The lowest BCUT2D eigenvalue weighted by molar-refractivity contribution is -0.121. The van der Waals surface area contributed by atoms with Crippen LogP contribution in [0.5, 0.6) is 0 Å². The highest BCUT2D eigenvalue weighted by Crippen LogP contribution is 2.22. The summed E-state index contributed by atoms with van der Waals surface area (Å²) in [5, 5.41) is 5.87. The number of pyridine rings is 1. The summed E-state index contributed by atoms with van der Waals surface area (Å²) in [5.41, 5.74) is 1.46. The van der Waals surface area contributed by atoms with Gasteiger partial charge < -0.3 is 20.4 Å². The fraction of sp³-hybridized carbons (Fsp3) is 0.435. The van der Waals surface area contributed by atoms with Gasteiger partial charge in [-0.15, -0.1) is 0 Å². The summed E-state index contributed by atoms with van der Waals surface area (Å²) in [6.07, 6.45) is 7.01. The van der Waals surface area contributed by atoms with Gasteiger partial charge in [0.2, 0.25) is 5.91 Å². The van der Waals surface area contributed by atoms with E-state index in [0.29, 0.717) is 18.8 Å². The number of carbonyl (C=O) groups excluding carboxylic acids is 2. The molecule has 1 aromatic carbocycles. The van der Waals surface area contributed by atoms with Gasteiger partial charge in [-0.2, -0.15) is 0 Å². The normalized spacial score (nSPS) is 19.3. The standard InChI is InChI=1S/C23H29N5O2/c29-22(25-20-11-12-21(24-16-20)27-13-5-2-6-14-27)18-8-7-15-28(17-18)23(30)26-19-9-3-1-4-10-19/h1,3-4,9-12,16,18H,2,5-8,13-15,17H2,(H,25,29)(H,26,30). The molecule has 0 bridgehead atoms. The van der Waals surface area contributed by atoms with Gasteiger partial charge in [-0.05, 0) is 56.4 Å². The molecule has 0 saturated carbocycles. The van der Waals surface area contributed by atoms with Crippen LogP contribution in [-0.4, -0.2) is 48.0 Å². The summed E-state index contributed by atoms with van der Waals surface area (Å²) in [4.78, 5) is 33.9. The monoisotopic (exact) mass is 407 g/mol. The second kappa shape index (κ2) is 9.61. The molecule has 4 rings (SSSR count). The Bertz CT molecular complexity index is 850. The Morgan fingerprint density at radius 1 is 0.867 bits per heavy atom. The predicted molar refractivity (Wildman–Crippen MR) is 119 cm³/mol. The van der Waals surface area contributed by atoms with Gasteiger partial charge in [0.15, 0.2) is 0 Å². The van der Waals surface area contributed by atoms with Crippen LogP contribution in [0.25, 0.3) is 0 Å². The highest BCUT2D eigenvalue weighted by atomic mass is 16.2. The fourth-order valence-electron chi connectivity index (χ4n) is 4.11. The van der Waals surface area contributed by atoms with E-state index in [1.54, 1.807) is 11.1 Å². The van der Waals surface area contributed by atoms with Gasteiger partial charge in [0.05, 0.1) is 17.8 Å². The summed E-state index contributed by atoms with van der Waals surface area (Å²) in [7, 11) is 0. The first-order valence-corrected chi connectivity index (χ1v) is 10.8. The molecule has 2 N–H and O–H groups in total. The zero-order valence-electron chi connectivity index (χ0n) is 17.2. The quantitative estimate of drug-likeness (QED) is 0.804. The lowest BCUT2D eigenvalue weighted by Gasteiger charge is -2.32. The Morgan fingerprint density at radius 3 is 2.40 bits per heavy atom. The maximum absolute atomic E-state index is 12.8. The van der Waals surface area contributed by atoms with Crippen LogP contribution in [0.2, 0.25) is 0 Å². The van der Waals surface area contributed by atoms with Crippen molar-refractivity contribution in [1.82, 2.24) is 9.88 Å². The number of nitrogens with zero attached hydrogens (tertiary/aromatic N) is 3. The number of piperidine rings is 2. The average Bonchev–Trinajstić information content (AvgIpc) is 2.81. The van der Waals surface area contributed by atoms with Crippen molar-refractivity contribution in [1.29, 1.82) is 0 Å². The van der Waals surface area contributed by atoms with Crippen molar-refractivity contribution < 1.29 is 9.59 Å². The molecule has 1 aromatic heterocycles. The zero-order chi connectivity index (χ0) is 20.8. The first kappa shape index (κ1) is 20.2. The molecule has 2 fully saturated rings. The number of hydrogen-bond donors (Lipinski definition) is 2. The van der Waals surface area contributed by atoms with Gasteiger partial charge in [-0.1, -0.05) is 18.2 Å². The van der Waals surface area contributed by atoms with E-state index in [0.717, 1.165) is 37.4 Å². The molecule has 2 aliphatic heterocycles. The minimum absolute atomic E-state index is 0.0558. The molecule has 1 unspecified atom stereocenters. The Kier molecular flexibility index (Phi) is 6.47. The van der Waals surface area contributed by atoms with Gasteiger partial charge in [0.25, 0.3) is 0 Å². The van der Waals surface area contributed by atoms with Crippen LogP contribution in [0, 0.1) is 5.92 Å². The van der Waals surface area contributed by atoms with E-state index in [1.807, 2.05) is 42.5 Å². The van der Waals surface area contributed by atoms with Crippen LogP contribution in [-0.2, 0) is 4.79 Å². The maximum Gasteiger partial charge on any atom is 0.321 e. The minimum Gasteiger partial charge on any atom is -0.357 e. The Balaban J connectivity index is 1.31. The number of hydrogen-bond acceptors (Lipinski definition) is 4. The third-order valence-electron chi connectivity index (χ3n) is 5.80. The highest BCUT2D eigenvalue weighted by molar-refractivity contribution is 5.94. The number of rotatable bonds is 4. The van der Waals surface area contributed by atoms with Crippen LogP contribution < -0.4 is 15.5 Å². The van der Waals surface area contributed by atoms with Crippen molar-refractivity contribution in [2.24, 2.45) is 5.92 Å². The van der Waals surface area contributed by atoms with Gasteiger partial charge >= 0.3 is 6.03 Å². The summed E-state index contributed by atoms with van der Waals surface area (Å²) in [6.45, 7) is 3.17. The number of carbonyl (C=O) groups is 2. The molecule has 3 amide bonds. The van der Waals surface area contributed by atoms with E-state index in [1.165, 1.54) is 19.3 Å². The molecule has 0 radical (unpaired) electrons. The van der Waals surface area contributed by atoms with Gasteiger partial charge in [0.1, 0.15) is 5.82 Å². The molecule has 3 heterocycles. The lowest BCUT2D eigenvalue weighted by atomic mass is 9.97. The van der Waals surface area contributed by atoms with E-state index in [4.69, 9.17) is 0 Å². The largest absolute Gasteiger partial charge is 0.357 e. The SMILES string of the molecule is O=C(Nc1ccc(N2CCCCC2)nc1)C1CCCN(C(=O)Nc2ccccc2)C1. The first-order chi connectivity index (χ1) is 14.7. The topological polar surface area (TPSA) is 77.6 Å². The molecular formula is C23H29N5O2. The smallest absolute Gasteiger partial charge is 0.321 e. The summed E-state index contributed by atoms with van der Waals surface area (Å²) < 4.78 is 0. The summed E-state index contributed by atoms with van der Waals surface area (Å²) in [6, 6.07) is 13.1. The Labute approximate surface area is 177 Å². The van der Waals surface area contributed by atoms with Crippen LogP contribution in [0.3, 0.4) is 0 Å². The summed E-state index contributed by atoms with van der Waals surface area (Å²) >= 11 is 0. The Morgan fingerprint density at radius 2 is 1.67 bits per heavy atom. The predicted octanol–water partition coefficient (Wildman–Crippen LogP) is 3.95. The number of nitrogens with one attached hydrogen (secondary N) is 2. The molecule has 30 heavy (non-hydrogen) atoms. The van der Waals surface area contributed by atoms with Gasteiger partial charge in [0, 0.05) is 31.9 Å². The first-order valence-electron chi connectivity index (χ1n) is 10.8. The number of para-hydroxylation sites is 1. The number of amides is 3. The second-order valence-corrected chi connectivity index (χ2v) is 8.02. The van der Waals surface area contributed by atoms with Crippen LogP contribution in [0.1, 0.15) is 32.1 Å². The van der Waals surface area contributed by atoms with E-state index in [-0.39, 0.29) is 17.9 Å². The average molecular weight is 408 g/mol. The molecule has 0 aliphatic carbocycles.